The first-order valence-electron chi connectivity index (χ1n) is 22.5. The van der Waals surface area contributed by atoms with Gasteiger partial charge in [0.25, 0.3) is 6.71 Å². The van der Waals surface area contributed by atoms with Crippen LogP contribution in [0.25, 0.3) is 0 Å². The van der Waals surface area contributed by atoms with E-state index in [1.807, 2.05) is 0 Å². The average Bonchev–Trinajstić information content (AvgIpc) is 3.42. The van der Waals surface area contributed by atoms with Gasteiger partial charge in [0.05, 0.1) is 27.4 Å². The van der Waals surface area contributed by atoms with Crippen molar-refractivity contribution in [2.45, 2.75) is 116 Å². The molecular weight excluding hydrogens is 758 g/mol. The zero-order valence-electron chi connectivity index (χ0n) is 37.9. The van der Waals surface area contributed by atoms with Gasteiger partial charge in [-0.3, -0.25) is 0 Å². The van der Waals surface area contributed by atoms with Crippen LogP contribution >= 0.6 is 0 Å². The summed E-state index contributed by atoms with van der Waals surface area (Å²) in [6, 6.07) is 49.9. The Morgan fingerprint density at radius 2 is 1.15 bits per heavy atom. The van der Waals surface area contributed by atoms with Gasteiger partial charge in [0.15, 0.2) is 0 Å². The lowest BCUT2D eigenvalue weighted by molar-refractivity contribution is 0.195. The topological polar surface area (TPSA) is 9.72 Å². The van der Waals surface area contributed by atoms with Crippen molar-refractivity contribution in [1.82, 2.24) is 0 Å². The molecule has 10 rings (SSSR count). The number of hydrogen-bond donors (Lipinski definition) is 0. The molecular formula is C54H62BN3Si2. The van der Waals surface area contributed by atoms with Gasteiger partial charge in [0.1, 0.15) is 0 Å². The highest BCUT2D eigenvalue weighted by Crippen LogP contribution is 2.62. The minimum Gasteiger partial charge on any atom is -0.335 e. The van der Waals surface area contributed by atoms with Crippen LogP contribution < -0.4 is 41.5 Å². The van der Waals surface area contributed by atoms with Gasteiger partial charge in [-0.25, -0.2) is 0 Å². The van der Waals surface area contributed by atoms with Crippen molar-refractivity contribution < 1.29 is 0 Å². The first-order valence-corrected chi connectivity index (χ1v) is 29.5. The first kappa shape index (κ1) is 39.4. The molecule has 0 bridgehead atoms. The molecule has 0 spiro atoms. The lowest BCUT2D eigenvalue weighted by Gasteiger charge is -2.53. The molecule has 60 heavy (non-hydrogen) atoms. The van der Waals surface area contributed by atoms with Crippen LogP contribution in [-0.2, 0) is 10.8 Å². The van der Waals surface area contributed by atoms with E-state index in [1.165, 1.54) is 104 Å². The Kier molecular flexibility index (Phi) is 8.76. The molecule has 0 saturated heterocycles. The number of para-hydroxylation sites is 2. The normalized spacial score (nSPS) is 20.4. The maximum absolute atomic E-state index is 2.89. The van der Waals surface area contributed by atoms with Crippen molar-refractivity contribution in [2.75, 3.05) is 14.7 Å². The largest absolute Gasteiger partial charge is 0.335 e. The summed E-state index contributed by atoms with van der Waals surface area (Å²) < 4.78 is 0. The fourth-order valence-electron chi connectivity index (χ4n) is 11.4. The third-order valence-electron chi connectivity index (χ3n) is 15.0. The van der Waals surface area contributed by atoms with Gasteiger partial charge in [-0.2, -0.15) is 0 Å². The minimum atomic E-state index is -1.51. The van der Waals surface area contributed by atoms with E-state index in [9.17, 15) is 0 Å². The van der Waals surface area contributed by atoms with E-state index in [4.69, 9.17) is 0 Å². The monoisotopic (exact) mass is 819 g/mol. The Morgan fingerprint density at radius 1 is 0.583 bits per heavy atom. The predicted octanol–water partition coefficient (Wildman–Crippen LogP) is 11.9. The van der Waals surface area contributed by atoms with Crippen molar-refractivity contribution >= 4 is 95.1 Å². The van der Waals surface area contributed by atoms with Crippen LogP contribution in [0.5, 0.6) is 0 Å². The molecule has 1 saturated carbocycles. The fourth-order valence-corrected chi connectivity index (χ4v) is 13.7. The smallest absolute Gasteiger partial charge is 0.252 e. The molecule has 6 heteroatoms. The number of rotatable bonds is 6. The zero-order chi connectivity index (χ0) is 42.1. The summed E-state index contributed by atoms with van der Waals surface area (Å²) in [7, 11) is -3.02. The number of fused-ring (bicyclic) bond motifs is 7. The van der Waals surface area contributed by atoms with Crippen LogP contribution in [0.2, 0.25) is 39.3 Å². The third-order valence-corrected chi connectivity index (χ3v) is 19.2. The van der Waals surface area contributed by atoms with E-state index in [0.717, 1.165) is 0 Å². The molecule has 3 aliphatic heterocycles. The maximum atomic E-state index is 2.89. The number of nitrogens with zero attached hydrogens (tertiary/aromatic N) is 3. The summed E-state index contributed by atoms with van der Waals surface area (Å²) in [6.07, 6.45) is 4.90. The van der Waals surface area contributed by atoms with Gasteiger partial charge < -0.3 is 14.7 Å². The van der Waals surface area contributed by atoms with Gasteiger partial charge in [-0.1, -0.05) is 163 Å². The molecule has 1 aliphatic carbocycles. The molecule has 0 amide bonds. The lowest BCUT2D eigenvalue weighted by Crippen LogP contribution is -2.64. The van der Waals surface area contributed by atoms with Gasteiger partial charge in [-0.05, 0) is 107 Å². The second kappa shape index (κ2) is 13.4. The van der Waals surface area contributed by atoms with Crippen LogP contribution in [0.3, 0.4) is 0 Å². The van der Waals surface area contributed by atoms with E-state index in [1.54, 1.807) is 5.56 Å². The highest BCUT2D eigenvalue weighted by Gasteiger charge is 2.61. The Balaban J connectivity index is 1.32. The van der Waals surface area contributed by atoms with Crippen molar-refractivity contribution in [2.24, 2.45) is 0 Å². The Morgan fingerprint density at radius 3 is 1.75 bits per heavy atom. The third kappa shape index (κ3) is 5.80. The van der Waals surface area contributed by atoms with Crippen molar-refractivity contribution in [1.29, 1.82) is 0 Å². The molecule has 0 radical (unpaired) electrons. The Labute approximate surface area is 362 Å². The summed E-state index contributed by atoms with van der Waals surface area (Å²) in [5, 5.41) is 2.96. The van der Waals surface area contributed by atoms with Crippen LogP contribution in [-0.4, -0.2) is 28.4 Å². The Hall–Kier alpha value is -4.78. The quantitative estimate of drug-likeness (QED) is 0.155. The number of hydrogen-bond acceptors (Lipinski definition) is 3. The van der Waals surface area contributed by atoms with Gasteiger partial charge in [0, 0.05) is 45.2 Å². The maximum Gasteiger partial charge on any atom is 0.252 e. The Bertz CT molecular complexity index is 2600. The van der Waals surface area contributed by atoms with Crippen LogP contribution in [0.1, 0.15) is 71.4 Å². The van der Waals surface area contributed by atoms with Crippen LogP contribution in [0.15, 0.2) is 127 Å². The molecule has 0 N–H and O–H groups in total. The number of benzene rings is 6. The van der Waals surface area contributed by atoms with E-state index in [2.05, 4.69) is 216 Å². The number of anilines is 8. The summed E-state index contributed by atoms with van der Waals surface area (Å²) in [5.74, 6) is 0. The second-order valence-electron chi connectivity index (χ2n) is 21.8. The molecule has 0 aromatic heterocycles. The standard InChI is InChI=1S/C54H62BN3Si2/c1-52(2,3)37-33-44-51-46(34-37)55-45-21-15-16-22-47(45)57(38-19-13-12-14-20-38)48-35-41(36-49(50(48)55)58(51)54(5)32-18-17-31-53(44,54)4)56(39-23-27-42(28-24-39)59(6,7)8)40-25-29-43(30-26-40)60(9,10)11/h12-16,19-30,33-36H,17-18,31-32H2,1-11H3. The summed E-state index contributed by atoms with van der Waals surface area (Å²) >= 11 is 0. The molecule has 2 atom stereocenters. The van der Waals surface area contributed by atoms with E-state index >= 15 is 0 Å². The first-order chi connectivity index (χ1) is 28.4. The average molecular weight is 820 g/mol. The van der Waals surface area contributed by atoms with Crippen molar-refractivity contribution in [3.8, 4) is 0 Å². The molecule has 1 fully saturated rings. The molecule has 6 aromatic carbocycles. The molecule has 3 nitrogen and oxygen atoms in total. The van der Waals surface area contributed by atoms with Crippen LogP contribution in [0.4, 0.5) is 45.5 Å². The fraction of sp³-hybridized carbons (Fsp3) is 0.333. The molecule has 2 unspecified atom stereocenters. The van der Waals surface area contributed by atoms with Gasteiger partial charge in [0.2, 0.25) is 0 Å². The highest BCUT2D eigenvalue weighted by atomic mass is 28.3. The summed E-state index contributed by atoms with van der Waals surface area (Å²) in [5.41, 5.74) is 17.5. The molecule has 304 valence electrons. The van der Waals surface area contributed by atoms with Crippen LogP contribution in [0, 0.1) is 0 Å². The van der Waals surface area contributed by atoms with Gasteiger partial charge in [-0.15, -0.1) is 0 Å². The highest BCUT2D eigenvalue weighted by molar-refractivity contribution is 7.00. The van der Waals surface area contributed by atoms with Crippen molar-refractivity contribution in [3.63, 3.8) is 0 Å². The van der Waals surface area contributed by atoms with E-state index in [-0.39, 0.29) is 23.1 Å². The SMILES string of the molecule is CC(C)(C)c1cc2c3c(c1)C1(C)CCCCC1(C)N3c1cc(N(c3ccc([Si](C)(C)C)cc3)c3ccc([Si](C)(C)C)cc3)cc3c1B2c1ccccc1N3c1ccccc1. The van der Waals surface area contributed by atoms with E-state index < -0.39 is 16.1 Å². The molecule has 6 aromatic rings. The van der Waals surface area contributed by atoms with Gasteiger partial charge >= 0.3 is 0 Å². The summed E-state index contributed by atoms with van der Waals surface area (Å²) in [6.45, 7) is 27.2. The predicted molar refractivity (Wildman–Crippen MR) is 268 cm³/mol. The lowest BCUT2D eigenvalue weighted by atomic mass is 9.33. The van der Waals surface area contributed by atoms with Crippen molar-refractivity contribution in [3.05, 3.63) is 139 Å². The molecule has 3 heterocycles. The molecule has 4 aliphatic rings. The minimum absolute atomic E-state index is 0.0185. The zero-order valence-corrected chi connectivity index (χ0v) is 39.9. The van der Waals surface area contributed by atoms with E-state index in [0.29, 0.717) is 0 Å². The summed E-state index contributed by atoms with van der Waals surface area (Å²) in [4.78, 5) is 8.02. The second-order valence-corrected chi connectivity index (χ2v) is 32.0.